The Hall–Kier alpha value is -2.81. The number of rotatable bonds is 6. The van der Waals surface area contributed by atoms with E-state index in [1.807, 2.05) is 45.0 Å². The van der Waals surface area contributed by atoms with Crippen LogP contribution in [0.2, 0.25) is 0 Å². The minimum atomic E-state index is -4.76. The van der Waals surface area contributed by atoms with Gasteiger partial charge in [0.15, 0.2) is 0 Å². The molecule has 0 spiro atoms. The highest BCUT2D eigenvalue weighted by Gasteiger charge is 2.31. The van der Waals surface area contributed by atoms with Crippen LogP contribution in [0.5, 0.6) is 5.75 Å². The summed E-state index contributed by atoms with van der Waals surface area (Å²) in [5, 5.41) is 6.46. The Morgan fingerprint density at radius 3 is 2.32 bits per heavy atom. The maximum absolute atomic E-state index is 12.6. The van der Waals surface area contributed by atoms with Gasteiger partial charge in [0.05, 0.1) is 5.69 Å². The fourth-order valence-corrected chi connectivity index (χ4v) is 2.99. The summed E-state index contributed by atoms with van der Waals surface area (Å²) in [7, 11) is 0. The molecule has 0 fully saturated rings. The average molecular weight is 495 g/mol. The van der Waals surface area contributed by atoms with Gasteiger partial charge >= 0.3 is 6.36 Å². The smallest absolute Gasteiger partial charge is 0.406 e. The van der Waals surface area contributed by atoms with Crippen LogP contribution in [-0.4, -0.2) is 21.9 Å². The summed E-state index contributed by atoms with van der Waals surface area (Å²) in [4.78, 5) is 8.99. The molecule has 0 bridgehead atoms. The molecule has 31 heavy (non-hydrogen) atoms. The van der Waals surface area contributed by atoms with Gasteiger partial charge in [-0.05, 0) is 50.6 Å². The van der Waals surface area contributed by atoms with Gasteiger partial charge in [-0.3, -0.25) is 0 Å². The number of ether oxygens (including phenoxy) is 1. The van der Waals surface area contributed by atoms with Crippen molar-refractivity contribution in [3.63, 3.8) is 0 Å². The fraction of sp³-hybridized carbons (Fsp3) is 0.273. The second-order valence-corrected chi connectivity index (χ2v) is 8.81. The number of aromatic nitrogens is 2. The summed E-state index contributed by atoms with van der Waals surface area (Å²) in [6.07, 6.45) is -4.76. The largest absolute Gasteiger partial charge is 0.573 e. The van der Waals surface area contributed by atoms with Crippen LogP contribution in [0.1, 0.15) is 26.3 Å². The second-order valence-electron chi connectivity index (χ2n) is 7.89. The Morgan fingerprint density at radius 2 is 1.68 bits per heavy atom. The van der Waals surface area contributed by atoms with Gasteiger partial charge in [-0.25, -0.2) is 4.98 Å². The molecule has 0 saturated carbocycles. The molecule has 0 amide bonds. The normalized spacial score (nSPS) is 11.8. The summed E-state index contributed by atoms with van der Waals surface area (Å²) < 4.78 is 42.8. The van der Waals surface area contributed by atoms with E-state index < -0.39 is 6.36 Å². The van der Waals surface area contributed by atoms with Crippen molar-refractivity contribution in [3.8, 4) is 17.0 Å². The first-order chi connectivity index (χ1) is 14.5. The highest BCUT2D eigenvalue weighted by atomic mass is 79.9. The van der Waals surface area contributed by atoms with Crippen LogP contribution < -0.4 is 15.4 Å². The van der Waals surface area contributed by atoms with Crippen LogP contribution in [0, 0.1) is 0 Å². The molecule has 9 heteroatoms. The van der Waals surface area contributed by atoms with Gasteiger partial charge in [0.1, 0.15) is 11.6 Å². The first-order valence-corrected chi connectivity index (χ1v) is 10.3. The van der Waals surface area contributed by atoms with Gasteiger partial charge in [-0.2, -0.15) is 4.98 Å². The molecule has 0 aliphatic heterocycles. The summed E-state index contributed by atoms with van der Waals surface area (Å²) >= 11 is 3.41. The molecule has 0 unspecified atom stereocenters. The Kier molecular flexibility index (Phi) is 6.74. The molecular formula is C22H22BrF3N4O. The van der Waals surface area contributed by atoms with E-state index in [1.165, 1.54) is 18.2 Å². The highest BCUT2D eigenvalue weighted by Crippen LogP contribution is 2.29. The predicted octanol–water partition coefficient (Wildman–Crippen LogP) is 6.63. The van der Waals surface area contributed by atoms with Crippen molar-refractivity contribution in [1.29, 1.82) is 0 Å². The van der Waals surface area contributed by atoms with Crippen LogP contribution in [0.4, 0.5) is 24.9 Å². The standard InChI is InChI=1S/C22H22BrF3N4O/c1-21(2,3)30-20-28-18(15-5-4-6-17(11-15)31-22(24,25)26)12-19(29-20)27-13-14-7-9-16(23)10-8-14/h4-12H,13H2,1-3H3,(H2,27,28,29,30). The van der Waals surface area contributed by atoms with Gasteiger partial charge in [-0.1, -0.05) is 40.2 Å². The zero-order valence-electron chi connectivity index (χ0n) is 17.2. The molecule has 1 heterocycles. The summed E-state index contributed by atoms with van der Waals surface area (Å²) in [6.45, 7) is 6.43. The van der Waals surface area contributed by atoms with Gasteiger partial charge in [-0.15, -0.1) is 13.2 Å². The van der Waals surface area contributed by atoms with E-state index in [-0.39, 0.29) is 11.3 Å². The molecule has 3 aromatic rings. The van der Waals surface area contributed by atoms with Gasteiger partial charge < -0.3 is 15.4 Å². The average Bonchev–Trinajstić information content (AvgIpc) is 2.65. The Bertz CT molecular complexity index is 1030. The quantitative estimate of drug-likeness (QED) is 0.402. The van der Waals surface area contributed by atoms with Crippen molar-refractivity contribution in [1.82, 2.24) is 9.97 Å². The minimum absolute atomic E-state index is 0.303. The van der Waals surface area contributed by atoms with Gasteiger partial charge in [0, 0.05) is 28.2 Å². The number of nitrogens with one attached hydrogen (secondary N) is 2. The van der Waals surface area contributed by atoms with E-state index in [9.17, 15) is 13.2 Å². The van der Waals surface area contributed by atoms with E-state index in [0.717, 1.165) is 10.0 Å². The van der Waals surface area contributed by atoms with Crippen LogP contribution in [0.25, 0.3) is 11.3 Å². The lowest BCUT2D eigenvalue weighted by Crippen LogP contribution is -2.27. The molecule has 0 aliphatic rings. The Balaban J connectivity index is 1.91. The van der Waals surface area contributed by atoms with E-state index >= 15 is 0 Å². The Morgan fingerprint density at radius 1 is 0.968 bits per heavy atom. The lowest BCUT2D eigenvalue weighted by Gasteiger charge is -2.21. The Labute approximate surface area is 187 Å². The third kappa shape index (κ3) is 7.43. The summed E-state index contributed by atoms with van der Waals surface area (Å²) in [6, 6.07) is 15.3. The van der Waals surface area contributed by atoms with Gasteiger partial charge in [0.25, 0.3) is 0 Å². The number of benzene rings is 2. The van der Waals surface area contributed by atoms with Crippen LogP contribution in [0.3, 0.4) is 0 Å². The molecule has 0 atom stereocenters. The number of hydrogen-bond acceptors (Lipinski definition) is 5. The van der Waals surface area contributed by atoms with Crippen LogP contribution >= 0.6 is 15.9 Å². The van der Waals surface area contributed by atoms with Crippen LogP contribution in [0.15, 0.2) is 59.1 Å². The molecule has 3 rings (SSSR count). The maximum Gasteiger partial charge on any atom is 0.573 e. The van der Waals surface area contributed by atoms with E-state index in [1.54, 1.807) is 12.1 Å². The molecular weight excluding hydrogens is 473 g/mol. The van der Waals surface area contributed by atoms with Crippen molar-refractivity contribution in [2.45, 2.75) is 39.2 Å². The second kappa shape index (κ2) is 9.13. The monoisotopic (exact) mass is 494 g/mol. The third-order valence-corrected chi connectivity index (χ3v) is 4.49. The number of nitrogens with zero attached hydrogens (tertiary/aromatic N) is 2. The molecule has 0 saturated heterocycles. The zero-order valence-corrected chi connectivity index (χ0v) is 18.8. The SMILES string of the molecule is CC(C)(C)Nc1nc(NCc2ccc(Br)cc2)cc(-c2cccc(OC(F)(F)F)c2)n1. The molecule has 5 nitrogen and oxygen atoms in total. The zero-order chi connectivity index (χ0) is 22.6. The number of anilines is 2. The van der Waals surface area contributed by atoms with E-state index in [4.69, 9.17) is 0 Å². The van der Waals surface area contributed by atoms with E-state index in [0.29, 0.717) is 29.6 Å². The lowest BCUT2D eigenvalue weighted by molar-refractivity contribution is -0.274. The first kappa shape index (κ1) is 22.9. The number of hydrogen-bond donors (Lipinski definition) is 2. The van der Waals surface area contributed by atoms with E-state index in [2.05, 4.69) is 41.3 Å². The molecule has 1 aromatic heterocycles. The first-order valence-electron chi connectivity index (χ1n) is 9.49. The topological polar surface area (TPSA) is 59.1 Å². The van der Waals surface area contributed by atoms with Crippen molar-refractivity contribution >= 4 is 27.7 Å². The number of alkyl halides is 3. The molecule has 164 valence electrons. The third-order valence-electron chi connectivity index (χ3n) is 3.96. The van der Waals surface area contributed by atoms with Crippen molar-refractivity contribution in [2.24, 2.45) is 0 Å². The van der Waals surface area contributed by atoms with Crippen molar-refractivity contribution < 1.29 is 17.9 Å². The van der Waals surface area contributed by atoms with Crippen LogP contribution in [-0.2, 0) is 6.54 Å². The molecule has 0 aliphatic carbocycles. The maximum atomic E-state index is 12.6. The minimum Gasteiger partial charge on any atom is -0.406 e. The molecule has 2 N–H and O–H groups in total. The van der Waals surface area contributed by atoms with Crippen molar-refractivity contribution in [3.05, 3.63) is 64.6 Å². The predicted molar refractivity (Wildman–Crippen MR) is 119 cm³/mol. The van der Waals surface area contributed by atoms with Gasteiger partial charge in [0.2, 0.25) is 5.95 Å². The molecule has 2 aromatic carbocycles. The highest BCUT2D eigenvalue weighted by molar-refractivity contribution is 9.10. The number of halogens is 4. The molecule has 0 radical (unpaired) electrons. The summed E-state index contributed by atoms with van der Waals surface area (Å²) in [5.74, 6) is 0.602. The fourth-order valence-electron chi connectivity index (χ4n) is 2.72. The van der Waals surface area contributed by atoms with Crippen molar-refractivity contribution in [2.75, 3.05) is 10.6 Å². The summed E-state index contributed by atoms with van der Waals surface area (Å²) in [5.41, 5.74) is 1.69. The lowest BCUT2D eigenvalue weighted by atomic mass is 10.1.